The van der Waals surface area contributed by atoms with E-state index in [0.29, 0.717) is 12.0 Å². The normalized spacial score (nSPS) is 23.6. The number of hydrogen-bond donors (Lipinski definition) is 1. The molecular weight excluding hydrogens is 252 g/mol. The van der Waals surface area contributed by atoms with Gasteiger partial charge in [-0.25, -0.2) is 0 Å². The Bertz CT molecular complexity index is 414. The van der Waals surface area contributed by atoms with Gasteiger partial charge in [0.05, 0.1) is 14.2 Å². The van der Waals surface area contributed by atoms with E-state index in [1.807, 2.05) is 6.07 Å². The number of piperidine rings is 1. The van der Waals surface area contributed by atoms with Crippen molar-refractivity contribution in [1.29, 1.82) is 0 Å². The molecule has 0 aliphatic carbocycles. The minimum atomic E-state index is 0.473. The highest BCUT2D eigenvalue weighted by molar-refractivity contribution is 5.38. The van der Waals surface area contributed by atoms with E-state index in [1.165, 1.54) is 18.4 Å². The Kier molecular flexibility index (Phi) is 5.26. The summed E-state index contributed by atoms with van der Waals surface area (Å²) in [4.78, 5) is 2.49. The molecule has 20 heavy (non-hydrogen) atoms. The number of likely N-dealkylation sites (tertiary alicyclic amines) is 1. The lowest BCUT2D eigenvalue weighted by Gasteiger charge is -2.39. The lowest BCUT2D eigenvalue weighted by molar-refractivity contribution is 0.0989. The summed E-state index contributed by atoms with van der Waals surface area (Å²) < 4.78 is 10.7. The smallest absolute Gasteiger partial charge is 0.122 e. The van der Waals surface area contributed by atoms with Crippen molar-refractivity contribution < 1.29 is 9.47 Å². The fourth-order valence-electron chi connectivity index (χ4n) is 3.10. The third-order valence-electron chi connectivity index (χ3n) is 4.27. The summed E-state index contributed by atoms with van der Waals surface area (Å²) in [6, 6.07) is 6.54. The number of nitrogens with zero attached hydrogens (tertiary/aromatic N) is 1. The van der Waals surface area contributed by atoms with Crippen LogP contribution in [0.4, 0.5) is 0 Å². The molecule has 2 unspecified atom stereocenters. The van der Waals surface area contributed by atoms with Crippen molar-refractivity contribution in [2.24, 2.45) is 11.7 Å². The van der Waals surface area contributed by atoms with Gasteiger partial charge in [0.2, 0.25) is 0 Å². The monoisotopic (exact) mass is 278 g/mol. The van der Waals surface area contributed by atoms with Gasteiger partial charge < -0.3 is 15.2 Å². The second-order valence-electron chi connectivity index (χ2n) is 5.61. The van der Waals surface area contributed by atoms with E-state index in [9.17, 15) is 0 Å². The van der Waals surface area contributed by atoms with Crippen molar-refractivity contribution in [2.45, 2.75) is 32.4 Å². The van der Waals surface area contributed by atoms with Crippen LogP contribution in [0, 0.1) is 5.92 Å². The molecule has 4 nitrogen and oxygen atoms in total. The maximum atomic E-state index is 5.96. The highest BCUT2D eigenvalue weighted by Crippen LogP contribution is 2.27. The van der Waals surface area contributed by atoms with Gasteiger partial charge in [0.25, 0.3) is 0 Å². The largest absolute Gasteiger partial charge is 0.497 e. The maximum Gasteiger partial charge on any atom is 0.122 e. The van der Waals surface area contributed by atoms with Gasteiger partial charge in [-0.05, 0) is 43.0 Å². The summed E-state index contributed by atoms with van der Waals surface area (Å²) >= 11 is 0. The molecule has 1 aromatic rings. The van der Waals surface area contributed by atoms with E-state index in [1.54, 1.807) is 14.2 Å². The molecule has 4 heteroatoms. The zero-order valence-corrected chi connectivity index (χ0v) is 12.8. The first kappa shape index (κ1) is 15.1. The van der Waals surface area contributed by atoms with E-state index < -0.39 is 0 Å². The predicted octanol–water partition coefficient (Wildman–Crippen LogP) is 2.26. The van der Waals surface area contributed by atoms with E-state index in [0.717, 1.165) is 31.1 Å². The van der Waals surface area contributed by atoms with Crippen LogP contribution in [0.15, 0.2) is 18.2 Å². The molecule has 112 valence electrons. The molecule has 1 aliphatic heterocycles. The third-order valence-corrected chi connectivity index (χ3v) is 4.27. The van der Waals surface area contributed by atoms with Gasteiger partial charge in [-0.1, -0.05) is 6.92 Å². The van der Waals surface area contributed by atoms with E-state index in [-0.39, 0.29) is 0 Å². The standard InChI is InChI=1S/C16H26N2O2/c1-12-5-4-6-18(16(12)10-17)11-13-7-14(19-2)9-15(8-13)20-3/h7-9,12,16H,4-6,10-11,17H2,1-3H3. The Hall–Kier alpha value is -1.26. The van der Waals surface area contributed by atoms with Crippen LogP contribution in [0.5, 0.6) is 11.5 Å². The Balaban J connectivity index is 2.15. The van der Waals surface area contributed by atoms with Crippen LogP contribution in [-0.4, -0.2) is 38.3 Å². The number of nitrogens with two attached hydrogens (primary N) is 1. The van der Waals surface area contributed by atoms with Crippen LogP contribution in [0.1, 0.15) is 25.3 Å². The minimum Gasteiger partial charge on any atom is -0.497 e. The van der Waals surface area contributed by atoms with Gasteiger partial charge in [-0.3, -0.25) is 4.90 Å². The fourth-order valence-corrected chi connectivity index (χ4v) is 3.10. The molecule has 1 saturated heterocycles. The first-order valence-corrected chi connectivity index (χ1v) is 7.34. The van der Waals surface area contributed by atoms with Crippen LogP contribution < -0.4 is 15.2 Å². The molecule has 0 aromatic heterocycles. The lowest BCUT2D eigenvalue weighted by atomic mass is 9.90. The van der Waals surface area contributed by atoms with Crippen molar-refractivity contribution in [2.75, 3.05) is 27.3 Å². The Labute approximate surface area is 121 Å². The zero-order valence-electron chi connectivity index (χ0n) is 12.8. The highest BCUT2D eigenvalue weighted by atomic mass is 16.5. The Morgan fingerprint density at radius 1 is 1.20 bits per heavy atom. The molecule has 2 atom stereocenters. The Morgan fingerprint density at radius 3 is 2.40 bits per heavy atom. The summed E-state index contributed by atoms with van der Waals surface area (Å²) in [6.45, 7) is 5.05. The molecular formula is C16H26N2O2. The molecule has 0 bridgehead atoms. The summed E-state index contributed by atoms with van der Waals surface area (Å²) in [5.74, 6) is 2.35. The van der Waals surface area contributed by atoms with E-state index in [4.69, 9.17) is 15.2 Å². The van der Waals surface area contributed by atoms with Crippen molar-refractivity contribution >= 4 is 0 Å². The molecule has 2 N–H and O–H groups in total. The van der Waals surface area contributed by atoms with Crippen molar-refractivity contribution in [3.8, 4) is 11.5 Å². The average Bonchev–Trinajstić information content (AvgIpc) is 2.47. The van der Waals surface area contributed by atoms with Crippen LogP contribution in [-0.2, 0) is 6.54 Å². The van der Waals surface area contributed by atoms with E-state index in [2.05, 4.69) is 24.0 Å². The molecule has 1 aromatic carbocycles. The van der Waals surface area contributed by atoms with Crippen LogP contribution in [0.3, 0.4) is 0 Å². The fraction of sp³-hybridized carbons (Fsp3) is 0.625. The van der Waals surface area contributed by atoms with Gasteiger partial charge in [0, 0.05) is 25.2 Å². The van der Waals surface area contributed by atoms with Gasteiger partial charge in [-0.2, -0.15) is 0 Å². The summed E-state index contributed by atoms with van der Waals surface area (Å²) in [7, 11) is 3.37. The predicted molar refractivity (Wildman–Crippen MR) is 81.2 cm³/mol. The molecule has 0 spiro atoms. The first-order chi connectivity index (χ1) is 9.67. The SMILES string of the molecule is COc1cc(CN2CCCC(C)C2CN)cc(OC)c1. The maximum absolute atomic E-state index is 5.96. The molecule has 0 radical (unpaired) electrons. The highest BCUT2D eigenvalue weighted by Gasteiger charge is 2.27. The summed E-state index contributed by atoms with van der Waals surface area (Å²) in [5, 5.41) is 0. The number of ether oxygens (including phenoxy) is 2. The van der Waals surface area contributed by atoms with Crippen LogP contribution in [0.2, 0.25) is 0 Å². The second kappa shape index (κ2) is 6.95. The summed E-state index contributed by atoms with van der Waals surface area (Å²) in [5.41, 5.74) is 7.18. The number of benzene rings is 1. The molecule has 0 saturated carbocycles. The number of hydrogen-bond acceptors (Lipinski definition) is 4. The molecule has 1 heterocycles. The van der Waals surface area contributed by atoms with Gasteiger partial charge in [0.15, 0.2) is 0 Å². The second-order valence-corrected chi connectivity index (χ2v) is 5.61. The lowest BCUT2D eigenvalue weighted by Crippen LogP contribution is -2.47. The molecule has 1 aliphatic rings. The van der Waals surface area contributed by atoms with Crippen LogP contribution in [0.25, 0.3) is 0 Å². The van der Waals surface area contributed by atoms with Gasteiger partial charge in [-0.15, -0.1) is 0 Å². The molecule has 2 rings (SSSR count). The average molecular weight is 278 g/mol. The van der Waals surface area contributed by atoms with Crippen molar-refractivity contribution in [1.82, 2.24) is 4.90 Å². The molecule has 1 fully saturated rings. The van der Waals surface area contributed by atoms with Crippen molar-refractivity contribution in [3.05, 3.63) is 23.8 Å². The van der Waals surface area contributed by atoms with E-state index >= 15 is 0 Å². The third kappa shape index (κ3) is 3.44. The van der Waals surface area contributed by atoms with Gasteiger partial charge in [0.1, 0.15) is 11.5 Å². The topological polar surface area (TPSA) is 47.7 Å². The first-order valence-electron chi connectivity index (χ1n) is 7.34. The Morgan fingerprint density at radius 2 is 1.85 bits per heavy atom. The minimum absolute atomic E-state index is 0.473. The van der Waals surface area contributed by atoms with Gasteiger partial charge >= 0.3 is 0 Å². The summed E-state index contributed by atoms with van der Waals surface area (Å²) in [6.07, 6.45) is 2.53. The van der Waals surface area contributed by atoms with Crippen LogP contribution >= 0.6 is 0 Å². The quantitative estimate of drug-likeness (QED) is 0.897. The number of rotatable bonds is 5. The molecule has 0 amide bonds. The van der Waals surface area contributed by atoms with Crippen molar-refractivity contribution in [3.63, 3.8) is 0 Å². The number of methoxy groups -OCH3 is 2. The zero-order chi connectivity index (χ0) is 14.5.